The number of phenolic OH excluding ortho intramolecular Hbond substituents is 1. The molecular weight excluding hydrogens is 314 g/mol. The second-order valence-corrected chi connectivity index (χ2v) is 6.29. The molecule has 0 aliphatic heterocycles. The predicted octanol–water partition coefficient (Wildman–Crippen LogP) is 2.76. The van der Waals surface area contributed by atoms with E-state index in [1.165, 1.54) is 5.56 Å². The van der Waals surface area contributed by atoms with Gasteiger partial charge in [-0.25, -0.2) is 4.79 Å². The molecule has 0 amide bonds. The lowest BCUT2D eigenvalue weighted by atomic mass is 10.0. The van der Waals surface area contributed by atoms with Crippen LogP contribution in [-0.4, -0.2) is 11.7 Å². The SMILES string of the molecule is CCc1cc2c(C[NH2+]CCCc3ccccc3)cc(=O)oc2cc1O. The van der Waals surface area contributed by atoms with Crippen molar-refractivity contribution in [3.8, 4) is 5.75 Å². The van der Waals surface area contributed by atoms with Gasteiger partial charge in [0.05, 0.1) is 6.54 Å². The predicted molar refractivity (Wildman–Crippen MR) is 98.8 cm³/mol. The molecular formula is C21H24NO3+. The minimum absolute atomic E-state index is 0.183. The molecule has 2 aromatic carbocycles. The quantitative estimate of drug-likeness (QED) is 0.514. The summed E-state index contributed by atoms with van der Waals surface area (Å²) in [6, 6.07) is 15.5. The minimum atomic E-state index is -0.371. The van der Waals surface area contributed by atoms with E-state index in [9.17, 15) is 9.90 Å². The first-order valence-corrected chi connectivity index (χ1v) is 8.81. The molecule has 0 saturated carbocycles. The van der Waals surface area contributed by atoms with Crippen molar-refractivity contribution >= 4 is 11.0 Å². The maximum Gasteiger partial charge on any atom is 0.336 e. The number of quaternary nitrogens is 1. The highest BCUT2D eigenvalue weighted by Crippen LogP contribution is 2.26. The molecule has 4 nitrogen and oxygen atoms in total. The summed E-state index contributed by atoms with van der Waals surface area (Å²) < 4.78 is 5.24. The normalized spacial score (nSPS) is 11.1. The monoisotopic (exact) mass is 338 g/mol. The fraction of sp³-hybridized carbons (Fsp3) is 0.286. The van der Waals surface area contributed by atoms with Gasteiger partial charge in [-0.05, 0) is 30.0 Å². The molecule has 0 bridgehead atoms. The lowest BCUT2D eigenvalue weighted by Gasteiger charge is -2.08. The summed E-state index contributed by atoms with van der Waals surface area (Å²) in [6.07, 6.45) is 2.88. The number of nitrogens with two attached hydrogens (primary N) is 1. The lowest BCUT2D eigenvalue weighted by Crippen LogP contribution is -2.82. The molecule has 3 N–H and O–H groups in total. The third kappa shape index (κ3) is 4.28. The number of aryl methyl sites for hydroxylation is 2. The Morgan fingerprint density at radius 3 is 2.64 bits per heavy atom. The van der Waals surface area contributed by atoms with Gasteiger partial charge >= 0.3 is 5.63 Å². The van der Waals surface area contributed by atoms with Gasteiger partial charge in [0.1, 0.15) is 17.9 Å². The van der Waals surface area contributed by atoms with Crippen LogP contribution >= 0.6 is 0 Å². The Labute approximate surface area is 147 Å². The number of phenols is 1. The van der Waals surface area contributed by atoms with E-state index < -0.39 is 0 Å². The van der Waals surface area contributed by atoms with Crippen LogP contribution in [0.25, 0.3) is 11.0 Å². The van der Waals surface area contributed by atoms with Crippen LogP contribution in [-0.2, 0) is 19.4 Å². The Kier molecular flexibility index (Phi) is 5.51. The first kappa shape index (κ1) is 17.2. The fourth-order valence-corrected chi connectivity index (χ4v) is 3.11. The number of aromatic hydroxyl groups is 1. The van der Waals surface area contributed by atoms with Gasteiger partial charge in [-0.2, -0.15) is 0 Å². The molecule has 0 radical (unpaired) electrons. The molecule has 0 unspecified atom stereocenters. The van der Waals surface area contributed by atoms with Crippen molar-refractivity contribution in [3.63, 3.8) is 0 Å². The van der Waals surface area contributed by atoms with Gasteiger partial charge in [-0.15, -0.1) is 0 Å². The number of fused-ring (bicyclic) bond motifs is 1. The van der Waals surface area contributed by atoms with E-state index in [1.807, 2.05) is 19.1 Å². The second kappa shape index (κ2) is 7.99. The van der Waals surface area contributed by atoms with Crippen molar-refractivity contribution in [2.45, 2.75) is 32.7 Å². The standard InChI is InChI=1S/C21H23NO3/c1-2-16-11-18-17(12-21(24)25-20(18)13-19(16)23)14-22-10-6-9-15-7-4-3-5-8-15/h3-5,7-8,11-13,22-23H,2,6,9-10,14H2,1H3/p+1. The highest BCUT2D eigenvalue weighted by molar-refractivity contribution is 5.82. The largest absolute Gasteiger partial charge is 0.508 e. The van der Waals surface area contributed by atoms with Crippen LogP contribution in [0.5, 0.6) is 5.75 Å². The maximum absolute atomic E-state index is 11.8. The number of benzene rings is 2. The summed E-state index contributed by atoms with van der Waals surface area (Å²) in [5.41, 5.74) is 3.26. The van der Waals surface area contributed by atoms with Crippen LogP contribution in [0.2, 0.25) is 0 Å². The van der Waals surface area contributed by atoms with Crippen molar-refractivity contribution in [3.05, 3.63) is 75.6 Å². The zero-order valence-electron chi connectivity index (χ0n) is 14.5. The lowest BCUT2D eigenvalue weighted by molar-refractivity contribution is -0.670. The maximum atomic E-state index is 11.8. The van der Waals surface area contributed by atoms with Crippen LogP contribution in [0, 0.1) is 0 Å². The van der Waals surface area contributed by atoms with Gasteiger partial charge in [-0.1, -0.05) is 37.3 Å². The van der Waals surface area contributed by atoms with Gasteiger partial charge in [0.15, 0.2) is 0 Å². The molecule has 4 heteroatoms. The Balaban J connectivity index is 1.67. The summed E-state index contributed by atoms with van der Waals surface area (Å²) in [7, 11) is 0. The third-order valence-corrected chi connectivity index (χ3v) is 4.49. The van der Waals surface area contributed by atoms with Crippen LogP contribution < -0.4 is 10.9 Å². The van der Waals surface area contributed by atoms with Crippen LogP contribution in [0.15, 0.2) is 57.7 Å². The van der Waals surface area contributed by atoms with E-state index in [-0.39, 0.29) is 11.4 Å². The average molecular weight is 338 g/mol. The molecule has 25 heavy (non-hydrogen) atoms. The minimum Gasteiger partial charge on any atom is -0.508 e. The van der Waals surface area contributed by atoms with Crippen molar-refractivity contribution in [1.82, 2.24) is 0 Å². The molecule has 1 heterocycles. The van der Waals surface area contributed by atoms with E-state index in [0.717, 1.165) is 48.9 Å². The van der Waals surface area contributed by atoms with Gasteiger partial charge < -0.3 is 14.8 Å². The van der Waals surface area contributed by atoms with Crippen molar-refractivity contribution < 1.29 is 14.8 Å². The Morgan fingerprint density at radius 2 is 1.88 bits per heavy atom. The average Bonchev–Trinajstić information content (AvgIpc) is 2.61. The molecule has 3 rings (SSSR count). The molecule has 0 atom stereocenters. The molecule has 0 fully saturated rings. The van der Waals surface area contributed by atoms with E-state index in [2.05, 4.69) is 29.6 Å². The molecule has 0 saturated heterocycles. The smallest absolute Gasteiger partial charge is 0.336 e. The molecule has 130 valence electrons. The van der Waals surface area contributed by atoms with E-state index in [4.69, 9.17) is 4.42 Å². The zero-order chi connectivity index (χ0) is 17.6. The summed E-state index contributed by atoms with van der Waals surface area (Å²) >= 11 is 0. The second-order valence-electron chi connectivity index (χ2n) is 6.29. The van der Waals surface area contributed by atoms with Gasteiger partial charge in [0.2, 0.25) is 0 Å². The van der Waals surface area contributed by atoms with Crippen molar-refractivity contribution in [2.24, 2.45) is 0 Å². The highest BCUT2D eigenvalue weighted by atomic mass is 16.4. The summed E-state index contributed by atoms with van der Waals surface area (Å²) in [4.78, 5) is 11.8. The number of rotatable bonds is 7. The van der Waals surface area contributed by atoms with Crippen molar-refractivity contribution in [2.75, 3.05) is 6.54 Å². The number of hydrogen-bond donors (Lipinski definition) is 2. The zero-order valence-corrected chi connectivity index (χ0v) is 14.5. The van der Waals surface area contributed by atoms with Crippen LogP contribution in [0.4, 0.5) is 0 Å². The summed E-state index contributed by atoms with van der Waals surface area (Å²) in [5.74, 6) is 0.183. The summed E-state index contributed by atoms with van der Waals surface area (Å²) in [5, 5.41) is 13.1. The Bertz CT molecular complexity index is 900. The molecule has 1 aromatic heterocycles. The summed E-state index contributed by atoms with van der Waals surface area (Å²) in [6.45, 7) is 3.72. The Hall–Kier alpha value is -2.59. The van der Waals surface area contributed by atoms with E-state index >= 15 is 0 Å². The van der Waals surface area contributed by atoms with E-state index in [1.54, 1.807) is 12.1 Å². The molecule has 0 aliphatic rings. The number of hydrogen-bond acceptors (Lipinski definition) is 3. The Morgan fingerprint density at radius 1 is 1.08 bits per heavy atom. The topological polar surface area (TPSA) is 67.0 Å². The van der Waals surface area contributed by atoms with Gasteiger partial charge in [0, 0.05) is 29.5 Å². The van der Waals surface area contributed by atoms with E-state index in [0.29, 0.717) is 5.58 Å². The van der Waals surface area contributed by atoms with Crippen molar-refractivity contribution in [1.29, 1.82) is 0 Å². The highest BCUT2D eigenvalue weighted by Gasteiger charge is 2.11. The van der Waals surface area contributed by atoms with Gasteiger partial charge in [-0.3, -0.25) is 0 Å². The molecule has 3 aromatic rings. The first-order valence-electron chi connectivity index (χ1n) is 8.81. The molecule has 0 aliphatic carbocycles. The van der Waals surface area contributed by atoms with Crippen LogP contribution in [0.1, 0.15) is 30.0 Å². The van der Waals surface area contributed by atoms with Crippen LogP contribution in [0.3, 0.4) is 0 Å². The first-order chi connectivity index (χ1) is 12.2. The van der Waals surface area contributed by atoms with Gasteiger partial charge in [0.25, 0.3) is 0 Å². The fourth-order valence-electron chi connectivity index (χ4n) is 3.11. The third-order valence-electron chi connectivity index (χ3n) is 4.49. The molecule has 0 spiro atoms.